The average molecular weight is 416 g/mol. The molecule has 1 saturated heterocycles. The standard InChI is InChI=1S/C22H29N3O3S/c1-15(2)14-22(28)10-12-25(13-11-22)21(27)16-6-8-17(9-7-16)24-29-19-5-3-4-18(26)20(19)23/h3-9,15,24,26,28H,10-14,23H2,1-2H3. The molecule has 6 nitrogen and oxygen atoms in total. The zero-order chi connectivity index (χ0) is 21.0. The second kappa shape index (κ2) is 8.97. The van der Waals surface area contributed by atoms with Crippen molar-refractivity contribution in [1.29, 1.82) is 0 Å². The molecular formula is C22H29N3O3S. The number of anilines is 2. The van der Waals surface area contributed by atoms with Crippen LogP contribution in [0.15, 0.2) is 47.4 Å². The predicted octanol–water partition coefficient (Wildman–Crippen LogP) is 4.11. The number of likely N-dealkylation sites (tertiary alicyclic amines) is 1. The van der Waals surface area contributed by atoms with Crippen molar-refractivity contribution in [3.63, 3.8) is 0 Å². The Morgan fingerprint density at radius 3 is 2.48 bits per heavy atom. The number of carbonyl (C=O) groups excluding carboxylic acids is 1. The number of para-hydroxylation sites is 1. The molecule has 2 aromatic rings. The number of rotatable bonds is 6. The van der Waals surface area contributed by atoms with Gasteiger partial charge in [0.25, 0.3) is 5.91 Å². The minimum absolute atomic E-state index is 0.00646. The maximum absolute atomic E-state index is 12.8. The summed E-state index contributed by atoms with van der Waals surface area (Å²) in [5.41, 5.74) is 7.01. The van der Waals surface area contributed by atoms with Gasteiger partial charge >= 0.3 is 0 Å². The van der Waals surface area contributed by atoms with E-state index in [0.29, 0.717) is 43.1 Å². The van der Waals surface area contributed by atoms with Crippen LogP contribution in [-0.2, 0) is 0 Å². The maximum Gasteiger partial charge on any atom is 0.253 e. The van der Waals surface area contributed by atoms with E-state index >= 15 is 0 Å². The van der Waals surface area contributed by atoms with E-state index in [-0.39, 0.29) is 11.7 Å². The van der Waals surface area contributed by atoms with E-state index in [9.17, 15) is 15.0 Å². The van der Waals surface area contributed by atoms with Crippen molar-refractivity contribution in [3.8, 4) is 5.75 Å². The molecule has 1 amide bonds. The quantitative estimate of drug-likeness (QED) is 0.322. The van der Waals surface area contributed by atoms with Crippen molar-refractivity contribution in [1.82, 2.24) is 4.90 Å². The summed E-state index contributed by atoms with van der Waals surface area (Å²) < 4.78 is 3.17. The fourth-order valence-corrected chi connectivity index (χ4v) is 4.41. The highest BCUT2D eigenvalue weighted by atomic mass is 32.2. The number of hydrogen-bond donors (Lipinski definition) is 4. The molecule has 0 saturated carbocycles. The van der Waals surface area contributed by atoms with Gasteiger partial charge in [-0.15, -0.1) is 0 Å². The van der Waals surface area contributed by atoms with Crippen LogP contribution in [0.2, 0.25) is 0 Å². The molecule has 1 heterocycles. The van der Waals surface area contributed by atoms with Gasteiger partial charge in [0.15, 0.2) is 0 Å². The second-order valence-electron chi connectivity index (χ2n) is 8.08. The smallest absolute Gasteiger partial charge is 0.253 e. The molecule has 1 aliphatic heterocycles. The van der Waals surface area contributed by atoms with Crippen LogP contribution in [0.5, 0.6) is 5.75 Å². The highest BCUT2D eigenvalue weighted by molar-refractivity contribution is 8.00. The van der Waals surface area contributed by atoms with E-state index < -0.39 is 5.60 Å². The van der Waals surface area contributed by atoms with Gasteiger partial charge in [-0.3, -0.25) is 4.79 Å². The lowest BCUT2D eigenvalue weighted by molar-refractivity contribution is -0.0311. The summed E-state index contributed by atoms with van der Waals surface area (Å²) >= 11 is 1.30. The fraction of sp³-hybridized carbons (Fsp3) is 0.409. The highest BCUT2D eigenvalue weighted by Crippen LogP contribution is 2.33. The number of nitrogens with zero attached hydrogens (tertiary/aromatic N) is 1. The number of nitrogens with one attached hydrogen (secondary N) is 1. The summed E-state index contributed by atoms with van der Waals surface area (Å²) in [7, 11) is 0. The number of aliphatic hydroxyl groups is 1. The first-order chi connectivity index (χ1) is 13.8. The third kappa shape index (κ3) is 5.36. The molecule has 1 fully saturated rings. The number of piperidine rings is 1. The summed E-state index contributed by atoms with van der Waals surface area (Å²) in [5.74, 6) is 0.489. The first-order valence-corrected chi connectivity index (χ1v) is 10.7. The Bertz CT molecular complexity index is 847. The molecule has 0 aliphatic carbocycles. The number of amides is 1. The molecule has 3 rings (SSSR count). The van der Waals surface area contributed by atoms with Crippen molar-refractivity contribution < 1.29 is 15.0 Å². The molecule has 0 spiro atoms. The van der Waals surface area contributed by atoms with Gasteiger partial charge in [0.1, 0.15) is 5.75 Å². The van der Waals surface area contributed by atoms with Crippen molar-refractivity contribution >= 4 is 29.2 Å². The topological polar surface area (TPSA) is 98.8 Å². The number of hydrogen-bond acceptors (Lipinski definition) is 6. The second-order valence-corrected chi connectivity index (χ2v) is 8.93. The molecule has 29 heavy (non-hydrogen) atoms. The lowest BCUT2D eigenvalue weighted by atomic mass is 9.84. The molecule has 0 unspecified atom stereocenters. The number of carbonyl (C=O) groups is 1. The minimum atomic E-state index is -0.649. The number of benzene rings is 2. The minimum Gasteiger partial charge on any atom is -0.506 e. The van der Waals surface area contributed by atoms with Crippen molar-refractivity contribution in [2.45, 2.75) is 43.6 Å². The molecule has 7 heteroatoms. The van der Waals surface area contributed by atoms with Crippen LogP contribution in [0.3, 0.4) is 0 Å². The number of nitrogen functional groups attached to an aromatic ring is 1. The Morgan fingerprint density at radius 1 is 1.21 bits per heavy atom. The van der Waals surface area contributed by atoms with Crippen LogP contribution in [0.4, 0.5) is 11.4 Å². The molecule has 0 bridgehead atoms. The summed E-state index contributed by atoms with van der Waals surface area (Å²) in [6.45, 7) is 5.37. The lowest BCUT2D eigenvalue weighted by Gasteiger charge is -2.39. The van der Waals surface area contributed by atoms with Crippen LogP contribution < -0.4 is 10.5 Å². The van der Waals surface area contributed by atoms with Gasteiger partial charge in [-0.25, -0.2) is 0 Å². The SMILES string of the molecule is CC(C)CC1(O)CCN(C(=O)c2ccc(NSc3cccc(O)c3N)cc2)CC1. The van der Waals surface area contributed by atoms with E-state index in [0.717, 1.165) is 17.0 Å². The normalized spacial score (nSPS) is 16.1. The molecule has 5 N–H and O–H groups in total. The Labute approximate surface area is 176 Å². The molecular weight excluding hydrogens is 386 g/mol. The summed E-state index contributed by atoms with van der Waals surface area (Å²) in [4.78, 5) is 15.3. The number of nitrogens with two attached hydrogens (primary N) is 1. The van der Waals surface area contributed by atoms with Crippen LogP contribution in [0.25, 0.3) is 0 Å². The Hall–Kier alpha value is -2.38. The monoisotopic (exact) mass is 415 g/mol. The third-order valence-corrected chi connectivity index (χ3v) is 6.14. The van der Waals surface area contributed by atoms with E-state index in [1.54, 1.807) is 24.3 Å². The van der Waals surface area contributed by atoms with Gasteiger partial charge in [0.05, 0.1) is 16.2 Å². The molecule has 156 valence electrons. The van der Waals surface area contributed by atoms with E-state index in [2.05, 4.69) is 18.6 Å². The number of aromatic hydroxyl groups is 1. The molecule has 0 aromatic heterocycles. The van der Waals surface area contributed by atoms with Crippen LogP contribution in [0.1, 0.15) is 43.5 Å². The van der Waals surface area contributed by atoms with E-state index in [1.165, 1.54) is 11.9 Å². The maximum atomic E-state index is 12.8. The zero-order valence-corrected chi connectivity index (χ0v) is 17.7. The van der Waals surface area contributed by atoms with Gasteiger partial charge in [-0.05, 0) is 73.5 Å². The Morgan fingerprint density at radius 2 is 1.86 bits per heavy atom. The van der Waals surface area contributed by atoms with Crippen molar-refractivity contribution in [2.24, 2.45) is 5.92 Å². The van der Waals surface area contributed by atoms with Crippen molar-refractivity contribution in [3.05, 3.63) is 48.0 Å². The lowest BCUT2D eigenvalue weighted by Crippen LogP contribution is -2.47. The van der Waals surface area contributed by atoms with Gasteiger partial charge < -0.3 is 25.6 Å². The third-order valence-electron chi connectivity index (χ3n) is 5.22. The number of phenols is 1. The van der Waals surface area contributed by atoms with E-state index in [1.807, 2.05) is 23.1 Å². The Kier molecular flexibility index (Phi) is 6.59. The molecule has 2 aromatic carbocycles. The number of phenolic OH excluding ortho intramolecular Hbond substituents is 1. The largest absolute Gasteiger partial charge is 0.506 e. The molecule has 0 atom stereocenters. The predicted molar refractivity (Wildman–Crippen MR) is 118 cm³/mol. The van der Waals surface area contributed by atoms with E-state index in [4.69, 9.17) is 5.73 Å². The van der Waals surface area contributed by atoms with Gasteiger partial charge in [-0.1, -0.05) is 19.9 Å². The van der Waals surface area contributed by atoms with Crippen LogP contribution >= 0.6 is 11.9 Å². The van der Waals surface area contributed by atoms with Gasteiger partial charge in [0.2, 0.25) is 0 Å². The highest BCUT2D eigenvalue weighted by Gasteiger charge is 2.34. The van der Waals surface area contributed by atoms with Crippen LogP contribution in [0, 0.1) is 5.92 Å². The first-order valence-electron chi connectivity index (χ1n) is 9.89. The Balaban J connectivity index is 1.56. The fourth-order valence-electron chi connectivity index (χ4n) is 3.69. The average Bonchev–Trinajstić information content (AvgIpc) is 2.69. The first kappa shape index (κ1) is 21.3. The summed E-state index contributed by atoms with van der Waals surface area (Å²) in [6, 6.07) is 12.4. The summed E-state index contributed by atoms with van der Waals surface area (Å²) in [6.07, 6.45) is 2.02. The van der Waals surface area contributed by atoms with Gasteiger partial charge in [-0.2, -0.15) is 0 Å². The van der Waals surface area contributed by atoms with Gasteiger partial charge in [0, 0.05) is 24.3 Å². The zero-order valence-electron chi connectivity index (χ0n) is 16.9. The molecule has 0 radical (unpaired) electrons. The van der Waals surface area contributed by atoms with Crippen LogP contribution in [-0.4, -0.2) is 39.7 Å². The van der Waals surface area contributed by atoms with Crippen molar-refractivity contribution in [2.75, 3.05) is 23.5 Å². The summed E-state index contributed by atoms with van der Waals surface area (Å²) in [5, 5.41) is 20.3. The molecule has 1 aliphatic rings.